The van der Waals surface area contributed by atoms with E-state index in [2.05, 4.69) is 0 Å². The zero-order valence-corrected chi connectivity index (χ0v) is 9.16. The van der Waals surface area contributed by atoms with E-state index < -0.39 is 10.0 Å². The number of nitrogens with zero attached hydrogens (tertiary/aromatic N) is 1. The number of primary sulfonamides is 1. The van der Waals surface area contributed by atoms with Crippen molar-refractivity contribution in [1.82, 2.24) is 4.57 Å². The van der Waals surface area contributed by atoms with Gasteiger partial charge in [0.15, 0.2) is 0 Å². The molecule has 0 radical (unpaired) electrons. The Morgan fingerprint density at radius 3 is 2.67 bits per heavy atom. The summed E-state index contributed by atoms with van der Waals surface area (Å²) in [4.78, 5) is 0. The van der Waals surface area contributed by atoms with Crippen LogP contribution in [-0.4, -0.2) is 13.0 Å². The van der Waals surface area contributed by atoms with Gasteiger partial charge in [0.25, 0.3) is 0 Å². The zero-order valence-electron chi connectivity index (χ0n) is 8.34. The highest BCUT2D eigenvalue weighted by Crippen LogP contribution is 2.21. The van der Waals surface area contributed by atoms with E-state index in [4.69, 9.17) is 5.14 Å². The molecule has 1 heterocycles. The largest absolute Gasteiger partial charge is 0.350 e. The van der Waals surface area contributed by atoms with E-state index in [1.807, 2.05) is 35.9 Å². The van der Waals surface area contributed by atoms with Gasteiger partial charge in [-0.25, -0.2) is 13.6 Å². The first-order chi connectivity index (χ1) is 6.97. The summed E-state index contributed by atoms with van der Waals surface area (Å²) in [6.45, 7) is 0. The lowest BCUT2D eigenvalue weighted by molar-refractivity contribution is 0.597. The third kappa shape index (κ3) is 2.03. The highest BCUT2D eigenvalue weighted by Gasteiger charge is 2.11. The van der Waals surface area contributed by atoms with E-state index in [0.717, 1.165) is 16.5 Å². The van der Waals surface area contributed by atoms with Crippen LogP contribution in [0.25, 0.3) is 10.9 Å². The molecule has 0 bridgehead atoms. The van der Waals surface area contributed by atoms with Crippen LogP contribution in [-0.2, 0) is 22.8 Å². The normalized spacial score (nSPS) is 12.1. The molecule has 0 aliphatic carbocycles. The number of hydrogen-bond acceptors (Lipinski definition) is 2. The fourth-order valence-electron chi connectivity index (χ4n) is 1.76. The van der Waals surface area contributed by atoms with Gasteiger partial charge in [0.05, 0.1) is 5.75 Å². The van der Waals surface area contributed by atoms with Gasteiger partial charge in [-0.1, -0.05) is 18.2 Å². The van der Waals surface area contributed by atoms with Crippen molar-refractivity contribution in [2.24, 2.45) is 12.2 Å². The molecule has 0 aliphatic heterocycles. The lowest BCUT2D eigenvalue weighted by atomic mass is 10.2. The average molecular weight is 224 g/mol. The van der Waals surface area contributed by atoms with Gasteiger partial charge in [-0.05, 0) is 11.6 Å². The molecular formula is C10H12N2O2S. The number of rotatable bonds is 2. The molecule has 0 saturated heterocycles. The molecule has 4 nitrogen and oxygen atoms in total. The molecule has 0 atom stereocenters. The maximum absolute atomic E-state index is 11.0. The summed E-state index contributed by atoms with van der Waals surface area (Å²) in [5, 5.41) is 5.97. The van der Waals surface area contributed by atoms with E-state index in [0.29, 0.717) is 0 Å². The molecule has 2 N–H and O–H groups in total. The van der Waals surface area contributed by atoms with Crippen molar-refractivity contribution in [2.75, 3.05) is 0 Å². The number of hydrogen-bond donors (Lipinski definition) is 1. The van der Waals surface area contributed by atoms with Crippen LogP contribution in [0.5, 0.6) is 0 Å². The number of nitrogens with two attached hydrogens (primary N) is 1. The average Bonchev–Trinajstić information content (AvgIpc) is 2.42. The first-order valence-electron chi connectivity index (χ1n) is 4.51. The van der Waals surface area contributed by atoms with Gasteiger partial charge in [0.2, 0.25) is 10.0 Å². The van der Waals surface area contributed by atoms with Crippen molar-refractivity contribution in [3.63, 3.8) is 0 Å². The molecule has 80 valence electrons. The van der Waals surface area contributed by atoms with Gasteiger partial charge in [-0.3, -0.25) is 0 Å². The first kappa shape index (κ1) is 10.2. The second-order valence-corrected chi connectivity index (χ2v) is 5.20. The molecule has 15 heavy (non-hydrogen) atoms. The predicted octanol–water partition coefficient (Wildman–Crippen LogP) is 0.967. The van der Waals surface area contributed by atoms with E-state index in [1.54, 1.807) is 6.20 Å². The van der Waals surface area contributed by atoms with Crippen molar-refractivity contribution in [1.29, 1.82) is 0 Å². The molecule has 0 fully saturated rings. The number of para-hydroxylation sites is 1. The van der Waals surface area contributed by atoms with Crippen molar-refractivity contribution in [3.05, 3.63) is 36.0 Å². The van der Waals surface area contributed by atoms with Gasteiger partial charge in [0, 0.05) is 24.1 Å². The summed E-state index contributed by atoms with van der Waals surface area (Å²) in [6, 6.07) is 7.65. The number of benzene rings is 1. The summed E-state index contributed by atoms with van der Waals surface area (Å²) >= 11 is 0. The Kier molecular flexibility index (Phi) is 2.28. The topological polar surface area (TPSA) is 65.1 Å². The Hall–Kier alpha value is -1.33. The molecule has 2 aromatic rings. The van der Waals surface area contributed by atoms with E-state index in [9.17, 15) is 8.42 Å². The number of sulfonamides is 1. The highest BCUT2D eigenvalue weighted by atomic mass is 32.2. The monoisotopic (exact) mass is 224 g/mol. The molecule has 1 aromatic carbocycles. The number of aryl methyl sites for hydroxylation is 1. The second kappa shape index (κ2) is 3.36. The lowest BCUT2D eigenvalue weighted by Gasteiger charge is -1.96. The van der Waals surface area contributed by atoms with Crippen molar-refractivity contribution < 1.29 is 8.42 Å². The van der Waals surface area contributed by atoms with Gasteiger partial charge < -0.3 is 4.57 Å². The van der Waals surface area contributed by atoms with Crippen molar-refractivity contribution >= 4 is 20.9 Å². The fourth-order valence-corrected chi connectivity index (χ4v) is 2.42. The smallest absolute Gasteiger partial charge is 0.213 e. The minimum absolute atomic E-state index is 0.117. The third-order valence-corrected chi connectivity index (χ3v) is 3.05. The van der Waals surface area contributed by atoms with Crippen molar-refractivity contribution in [2.45, 2.75) is 5.75 Å². The highest BCUT2D eigenvalue weighted by molar-refractivity contribution is 7.88. The minimum Gasteiger partial charge on any atom is -0.350 e. The van der Waals surface area contributed by atoms with E-state index in [-0.39, 0.29) is 5.75 Å². The fraction of sp³-hybridized carbons (Fsp3) is 0.200. The van der Waals surface area contributed by atoms with Crippen LogP contribution >= 0.6 is 0 Å². The lowest BCUT2D eigenvalue weighted by Crippen LogP contribution is -2.14. The van der Waals surface area contributed by atoms with Gasteiger partial charge in [-0.15, -0.1) is 0 Å². The Bertz CT molecular complexity index is 599. The van der Waals surface area contributed by atoms with Crippen LogP contribution in [0.3, 0.4) is 0 Å². The summed E-state index contributed by atoms with van der Waals surface area (Å²) in [5.74, 6) is -0.117. The van der Waals surface area contributed by atoms with E-state index >= 15 is 0 Å². The minimum atomic E-state index is -3.47. The van der Waals surface area contributed by atoms with Crippen LogP contribution in [0.1, 0.15) is 5.56 Å². The molecule has 0 unspecified atom stereocenters. The van der Waals surface area contributed by atoms with Crippen LogP contribution in [0, 0.1) is 0 Å². The summed E-state index contributed by atoms with van der Waals surface area (Å²) in [5.41, 5.74) is 1.76. The Balaban J connectivity index is 2.62. The Morgan fingerprint density at radius 2 is 2.00 bits per heavy atom. The number of aromatic nitrogens is 1. The zero-order chi connectivity index (χ0) is 11.1. The van der Waals surface area contributed by atoms with E-state index in [1.165, 1.54) is 0 Å². The maximum atomic E-state index is 11.0. The Labute approximate surface area is 88.4 Å². The van der Waals surface area contributed by atoms with Crippen LogP contribution in [0.15, 0.2) is 30.5 Å². The quantitative estimate of drug-likeness (QED) is 0.826. The molecule has 0 spiro atoms. The standard InChI is InChI=1S/C10H12N2O2S/c1-12-6-8(7-15(11,13)14)9-4-2-3-5-10(9)12/h2-6H,7H2,1H3,(H2,11,13,14). The van der Waals surface area contributed by atoms with Crippen LogP contribution in [0.2, 0.25) is 0 Å². The number of fused-ring (bicyclic) bond motifs is 1. The summed E-state index contributed by atoms with van der Waals surface area (Å²) < 4.78 is 23.9. The third-order valence-electron chi connectivity index (χ3n) is 2.34. The SMILES string of the molecule is Cn1cc(CS(N)(=O)=O)c2ccccc21. The van der Waals surface area contributed by atoms with Crippen LogP contribution < -0.4 is 5.14 Å². The predicted molar refractivity (Wildman–Crippen MR) is 59.7 cm³/mol. The first-order valence-corrected chi connectivity index (χ1v) is 6.22. The van der Waals surface area contributed by atoms with Gasteiger partial charge in [0.1, 0.15) is 0 Å². The summed E-state index contributed by atoms with van der Waals surface area (Å²) in [6.07, 6.45) is 1.80. The van der Waals surface area contributed by atoms with Gasteiger partial charge in [-0.2, -0.15) is 0 Å². The maximum Gasteiger partial charge on any atom is 0.213 e. The molecule has 0 aliphatic rings. The molecule has 5 heteroatoms. The molecular weight excluding hydrogens is 212 g/mol. The molecule has 2 rings (SSSR count). The van der Waals surface area contributed by atoms with Gasteiger partial charge >= 0.3 is 0 Å². The second-order valence-electron chi connectivity index (χ2n) is 3.59. The molecule has 1 aromatic heterocycles. The van der Waals surface area contributed by atoms with Crippen molar-refractivity contribution in [3.8, 4) is 0 Å². The molecule has 0 saturated carbocycles. The Morgan fingerprint density at radius 1 is 1.33 bits per heavy atom. The molecule has 0 amide bonds. The summed E-state index contributed by atoms with van der Waals surface area (Å²) in [7, 11) is -1.58. The van der Waals surface area contributed by atoms with Crippen LogP contribution in [0.4, 0.5) is 0 Å².